The van der Waals surface area contributed by atoms with Gasteiger partial charge in [0.15, 0.2) is 0 Å². The van der Waals surface area contributed by atoms with Gasteiger partial charge in [-0.15, -0.1) is 0 Å². The second kappa shape index (κ2) is 9.53. The summed E-state index contributed by atoms with van der Waals surface area (Å²) in [6.45, 7) is 2.03. The molecule has 3 aromatic rings. The third-order valence-corrected chi connectivity index (χ3v) is 5.41. The number of hydrogen-bond acceptors (Lipinski definition) is 4. The summed E-state index contributed by atoms with van der Waals surface area (Å²) in [5, 5.41) is 0. The van der Waals surface area contributed by atoms with Gasteiger partial charge in [-0.1, -0.05) is 30.3 Å². The number of pyridine rings is 1. The number of aromatic nitrogens is 1. The maximum atomic E-state index is 14.3. The summed E-state index contributed by atoms with van der Waals surface area (Å²) >= 11 is 0. The zero-order valence-corrected chi connectivity index (χ0v) is 16.9. The molecule has 0 radical (unpaired) electrons. The molecule has 0 bridgehead atoms. The smallest absolute Gasteiger partial charge is 0.143 e. The Morgan fingerprint density at radius 1 is 1.13 bits per heavy atom. The van der Waals surface area contributed by atoms with E-state index in [9.17, 15) is 9.18 Å². The van der Waals surface area contributed by atoms with Crippen LogP contribution in [-0.4, -0.2) is 17.8 Å². The number of aryl methyl sites for hydroxylation is 2. The van der Waals surface area contributed by atoms with Gasteiger partial charge in [0.2, 0.25) is 0 Å². The van der Waals surface area contributed by atoms with Gasteiger partial charge in [0.1, 0.15) is 24.5 Å². The first-order valence-electron chi connectivity index (χ1n) is 10.3. The van der Waals surface area contributed by atoms with Gasteiger partial charge < -0.3 is 14.4 Å². The van der Waals surface area contributed by atoms with E-state index >= 15 is 0 Å². The first-order valence-corrected chi connectivity index (χ1v) is 10.3. The Balaban J connectivity index is 1.51. The summed E-state index contributed by atoms with van der Waals surface area (Å²) in [7, 11) is 0. The molecule has 0 saturated heterocycles. The van der Waals surface area contributed by atoms with Crippen molar-refractivity contribution in [1.29, 1.82) is 0 Å². The molecule has 0 saturated carbocycles. The Morgan fingerprint density at radius 3 is 2.87 bits per heavy atom. The van der Waals surface area contributed by atoms with Crippen molar-refractivity contribution >= 4 is 12.0 Å². The zero-order valence-electron chi connectivity index (χ0n) is 16.9. The first-order chi connectivity index (χ1) is 14.7. The lowest BCUT2D eigenvalue weighted by atomic mass is 10.0. The molecule has 1 aliphatic heterocycles. The molecule has 0 unspecified atom stereocenters. The van der Waals surface area contributed by atoms with E-state index in [1.165, 1.54) is 11.6 Å². The van der Waals surface area contributed by atoms with Gasteiger partial charge in [0.05, 0.1) is 5.69 Å². The standard InChI is InChI=1S/C25H25FN2O2/c26-23-15-19(10-11-21(23)8-4-14-29)18-30-24-9-1-6-22-7-3-13-28(25(22)24)17-20-5-2-12-27-16-20/h1-2,5-6,9-12,14-16H,3-4,7-8,13,17-18H2. The van der Waals surface area contributed by atoms with Crippen LogP contribution in [0.2, 0.25) is 0 Å². The van der Waals surface area contributed by atoms with Gasteiger partial charge in [-0.3, -0.25) is 4.98 Å². The third-order valence-electron chi connectivity index (χ3n) is 5.41. The Hall–Kier alpha value is -3.21. The molecule has 1 aromatic heterocycles. The number of nitrogens with zero attached hydrogens (tertiary/aromatic N) is 2. The van der Waals surface area contributed by atoms with E-state index < -0.39 is 0 Å². The zero-order chi connectivity index (χ0) is 20.8. The Morgan fingerprint density at radius 2 is 2.07 bits per heavy atom. The van der Waals surface area contributed by atoms with Crippen molar-refractivity contribution in [2.75, 3.05) is 11.4 Å². The number of rotatable bonds is 8. The maximum Gasteiger partial charge on any atom is 0.143 e. The van der Waals surface area contributed by atoms with Crippen LogP contribution in [-0.2, 0) is 30.8 Å². The van der Waals surface area contributed by atoms with E-state index in [0.717, 1.165) is 54.8 Å². The number of anilines is 1. The van der Waals surface area contributed by atoms with Crippen LogP contribution in [0.25, 0.3) is 0 Å². The number of aldehydes is 1. The predicted octanol–water partition coefficient (Wildman–Crippen LogP) is 4.88. The SMILES string of the molecule is O=CCCc1ccc(COc2cccc3c2N(Cc2cccnc2)CCC3)cc1F. The fourth-order valence-electron chi connectivity index (χ4n) is 3.95. The lowest BCUT2D eigenvalue weighted by molar-refractivity contribution is -0.107. The van der Waals surface area contributed by atoms with Crippen LogP contribution in [0.1, 0.15) is 35.1 Å². The Kier molecular flexibility index (Phi) is 6.38. The van der Waals surface area contributed by atoms with E-state index in [0.29, 0.717) is 25.0 Å². The first kappa shape index (κ1) is 20.1. The lowest BCUT2D eigenvalue weighted by Crippen LogP contribution is -2.29. The highest BCUT2D eigenvalue weighted by Gasteiger charge is 2.21. The van der Waals surface area contributed by atoms with Crippen molar-refractivity contribution in [2.45, 2.75) is 38.8 Å². The largest absolute Gasteiger partial charge is 0.487 e. The topological polar surface area (TPSA) is 42.4 Å². The highest BCUT2D eigenvalue weighted by Crippen LogP contribution is 2.37. The molecular formula is C25H25FN2O2. The summed E-state index contributed by atoms with van der Waals surface area (Å²) in [6, 6.07) is 15.3. The second-order valence-electron chi connectivity index (χ2n) is 7.57. The summed E-state index contributed by atoms with van der Waals surface area (Å²) in [6.07, 6.45) is 7.37. The number of carbonyl (C=O) groups is 1. The summed E-state index contributed by atoms with van der Waals surface area (Å²) in [4.78, 5) is 17.1. The molecule has 0 spiro atoms. The number of ether oxygens (including phenoxy) is 1. The maximum absolute atomic E-state index is 14.3. The molecule has 2 heterocycles. The van der Waals surface area contributed by atoms with E-state index in [-0.39, 0.29) is 5.82 Å². The average molecular weight is 404 g/mol. The number of carbonyl (C=O) groups excluding carboxylic acids is 1. The van der Waals surface area contributed by atoms with Gasteiger partial charge in [-0.25, -0.2) is 4.39 Å². The minimum Gasteiger partial charge on any atom is -0.487 e. The van der Waals surface area contributed by atoms with Crippen molar-refractivity contribution in [1.82, 2.24) is 4.98 Å². The van der Waals surface area contributed by atoms with Crippen LogP contribution in [0.15, 0.2) is 60.9 Å². The predicted molar refractivity (Wildman–Crippen MR) is 115 cm³/mol. The van der Waals surface area contributed by atoms with Gasteiger partial charge in [-0.2, -0.15) is 0 Å². The van der Waals surface area contributed by atoms with Crippen molar-refractivity contribution in [2.24, 2.45) is 0 Å². The minimum absolute atomic E-state index is 0.286. The molecule has 5 heteroatoms. The lowest BCUT2D eigenvalue weighted by Gasteiger charge is -2.33. The fraction of sp³-hybridized carbons (Fsp3) is 0.280. The van der Waals surface area contributed by atoms with E-state index in [4.69, 9.17) is 4.74 Å². The molecule has 2 aromatic carbocycles. The van der Waals surface area contributed by atoms with Crippen molar-refractivity contribution < 1.29 is 13.9 Å². The van der Waals surface area contributed by atoms with E-state index in [1.807, 2.05) is 30.5 Å². The Labute approximate surface area is 176 Å². The summed E-state index contributed by atoms with van der Waals surface area (Å²) < 4.78 is 20.4. The van der Waals surface area contributed by atoms with E-state index in [2.05, 4.69) is 22.0 Å². The third kappa shape index (κ3) is 4.67. The molecule has 0 N–H and O–H groups in total. The molecule has 0 fully saturated rings. The number of fused-ring (bicyclic) bond motifs is 1. The van der Waals surface area contributed by atoms with Crippen LogP contribution in [0.4, 0.5) is 10.1 Å². The van der Waals surface area contributed by atoms with E-state index in [1.54, 1.807) is 12.3 Å². The van der Waals surface area contributed by atoms with Crippen LogP contribution < -0.4 is 9.64 Å². The molecule has 4 rings (SSSR count). The second-order valence-corrected chi connectivity index (χ2v) is 7.57. The molecule has 1 aliphatic rings. The molecular weight excluding hydrogens is 379 g/mol. The van der Waals surface area contributed by atoms with Crippen LogP contribution >= 0.6 is 0 Å². The highest BCUT2D eigenvalue weighted by molar-refractivity contribution is 5.65. The minimum atomic E-state index is -0.286. The van der Waals surface area contributed by atoms with Gasteiger partial charge in [-0.05, 0) is 59.7 Å². The normalized spacial score (nSPS) is 13.0. The molecule has 4 nitrogen and oxygen atoms in total. The number of hydrogen-bond donors (Lipinski definition) is 0. The highest BCUT2D eigenvalue weighted by atomic mass is 19.1. The van der Waals surface area contributed by atoms with Gasteiger partial charge in [0.25, 0.3) is 0 Å². The summed E-state index contributed by atoms with van der Waals surface area (Å²) in [5.41, 5.74) is 4.89. The molecule has 0 atom stereocenters. The van der Waals surface area contributed by atoms with Crippen LogP contribution in [0, 0.1) is 5.82 Å². The number of benzene rings is 2. The molecule has 154 valence electrons. The summed E-state index contributed by atoms with van der Waals surface area (Å²) in [5.74, 6) is 0.535. The van der Waals surface area contributed by atoms with Gasteiger partial charge in [0, 0.05) is 31.9 Å². The molecule has 0 amide bonds. The van der Waals surface area contributed by atoms with Gasteiger partial charge >= 0.3 is 0 Å². The van der Waals surface area contributed by atoms with Crippen molar-refractivity contribution in [3.63, 3.8) is 0 Å². The quantitative estimate of drug-likeness (QED) is 0.502. The number of para-hydroxylation sites is 1. The monoisotopic (exact) mass is 404 g/mol. The van der Waals surface area contributed by atoms with Crippen LogP contribution in [0.3, 0.4) is 0 Å². The van der Waals surface area contributed by atoms with Crippen molar-refractivity contribution in [3.8, 4) is 5.75 Å². The molecule has 0 aliphatic carbocycles. The fourth-order valence-corrected chi connectivity index (χ4v) is 3.95. The Bertz CT molecular complexity index is 1010. The van der Waals surface area contributed by atoms with Crippen LogP contribution in [0.5, 0.6) is 5.75 Å². The average Bonchev–Trinajstić information content (AvgIpc) is 2.78. The molecule has 30 heavy (non-hydrogen) atoms. The van der Waals surface area contributed by atoms with Crippen molar-refractivity contribution in [3.05, 3.63) is 89.0 Å². The number of halogens is 1.